The van der Waals surface area contributed by atoms with Crippen LogP contribution in [0.1, 0.15) is 56.1 Å². The van der Waals surface area contributed by atoms with E-state index in [0.29, 0.717) is 12.0 Å². The number of benzene rings is 1. The van der Waals surface area contributed by atoms with Crippen molar-refractivity contribution in [2.24, 2.45) is 5.73 Å². The third-order valence-corrected chi connectivity index (χ3v) is 4.68. The molecule has 4 nitrogen and oxygen atoms in total. The Morgan fingerprint density at radius 1 is 1.19 bits per heavy atom. The van der Waals surface area contributed by atoms with Crippen LogP contribution < -0.4 is 11.2 Å². The van der Waals surface area contributed by atoms with Crippen molar-refractivity contribution >= 4 is 18.5 Å². The Balaban J connectivity index is 2.55. The number of nitrogens with two attached hydrogens (primary N) is 1. The number of amides is 1. The number of carbonyl (C=O) groups is 1. The van der Waals surface area contributed by atoms with E-state index in [1.54, 1.807) is 6.07 Å². The molecule has 1 fully saturated rings. The van der Waals surface area contributed by atoms with E-state index in [9.17, 15) is 4.79 Å². The maximum absolute atomic E-state index is 11.7. The van der Waals surface area contributed by atoms with Crippen LogP contribution in [0.15, 0.2) is 12.1 Å². The number of aryl methyl sites for hydroxylation is 1. The Morgan fingerprint density at radius 3 is 2.14 bits per heavy atom. The van der Waals surface area contributed by atoms with Gasteiger partial charge in [-0.25, -0.2) is 0 Å². The van der Waals surface area contributed by atoms with Gasteiger partial charge in [-0.2, -0.15) is 0 Å². The van der Waals surface area contributed by atoms with E-state index in [1.807, 2.05) is 47.6 Å². The van der Waals surface area contributed by atoms with E-state index in [-0.39, 0.29) is 0 Å². The third-order valence-electron chi connectivity index (χ3n) is 4.68. The predicted octanol–water partition coefficient (Wildman–Crippen LogP) is 1.96. The average molecular weight is 289 g/mol. The van der Waals surface area contributed by atoms with Crippen LogP contribution in [0.2, 0.25) is 0 Å². The minimum Gasteiger partial charge on any atom is -0.399 e. The Morgan fingerprint density at radius 2 is 1.71 bits per heavy atom. The lowest BCUT2D eigenvalue weighted by atomic mass is 9.71. The molecule has 1 heterocycles. The van der Waals surface area contributed by atoms with Gasteiger partial charge in [-0.15, -0.1) is 0 Å². The van der Waals surface area contributed by atoms with Crippen LogP contribution in [0.25, 0.3) is 0 Å². The van der Waals surface area contributed by atoms with E-state index < -0.39 is 24.2 Å². The fourth-order valence-corrected chi connectivity index (χ4v) is 2.68. The average Bonchev–Trinajstić information content (AvgIpc) is 2.56. The minimum absolute atomic E-state index is 0.405. The summed E-state index contributed by atoms with van der Waals surface area (Å²) in [5.74, 6) is -0.412. The highest BCUT2D eigenvalue weighted by Gasteiger charge is 2.52. The van der Waals surface area contributed by atoms with E-state index in [4.69, 9.17) is 15.0 Å². The lowest BCUT2D eigenvalue weighted by molar-refractivity contribution is 0.00578. The first-order valence-corrected chi connectivity index (χ1v) is 7.38. The van der Waals surface area contributed by atoms with Crippen molar-refractivity contribution in [3.8, 4) is 0 Å². The van der Waals surface area contributed by atoms with Crippen molar-refractivity contribution in [2.75, 3.05) is 0 Å². The van der Waals surface area contributed by atoms with Gasteiger partial charge in [-0.3, -0.25) is 4.79 Å². The largest absolute Gasteiger partial charge is 0.495 e. The molecule has 21 heavy (non-hydrogen) atoms. The normalized spacial score (nSPS) is 19.8. The number of carbonyl (C=O) groups excluding carboxylic acids is 1. The van der Waals surface area contributed by atoms with Gasteiger partial charge < -0.3 is 15.0 Å². The maximum atomic E-state index is 11.7. The summed E-state index contributed by atoms with van der Waals surface area (Å²) in [7, 11) is -0.468. The van der Waals surface area contributed by atoms with Gasteiger partial charge in [0.25, 0.3) is 0 Å². The fourth-order valence-electron chi connectivity index (χ4n) is 2.68. The summed E-state index contributed by atoms with van der Waals surface area (Å²) in [6, 6.07) is 3.69. The molecule has 0 saturated carbocycles. The number of rotatable bonds is 3. The van der Waals surface area contributed by atoms with Crippen LogP contribution in [0, 0.1) is 6.92 Å². The zero-order valence-electron chi connectivity index (χ0n) is 13.7. The van der Waals surface area contributed by atoms with Crippen LogP contribution >= 0.6 is 0 Å². The number of hydrogen-bond acceptors (Lipinski definition) is 3. The minimum atomic E-state index is -0.468. The Kier molecular flexibility index (Phi) is 3.93. The van der Waals surface area contributed by atoms with Crippen LogP contribution in [-0.4, -0.2) is 24.2 Å². The van der Waals surface area contributed by atoms with Crippen molar-refractivity contribution < 1.29 is 14.1 Å². The zero-order valence-corrected chi connectivity index (χ0v) is 13.7. The molecule has 0 bridgehead atoms. The topological polar surface area (TPSA) is 61.6 Å². The predicted molar refractivity (Wildman–Crippen MR) is 84.8 cm³/mol. The molecule has 0 spiro atoms. The molecule has 0 unspecified atom stereocenters. The molecule has 0 radical (unpaired) electrons. The lowest BCUT2D eigenvalue weighted by Crippen LogP contribution is -2.41. The first-order chi connectivity index (χ1) is 9.60. The summed E-state index contributed by atoms with van der Waals surface area (Å²) in [6.07, 6.45) is 0.708. The maximum Gasteiger partial charge on any atom is 0.495 e. The molecule has 5 heteroatoms. The summed E-state index contributed by atoms with van der Waals surface area (Å²) in [5.41, 5.74) is 8.14. The van der Waals surface area contributed by atoms with Gasteiger partial charge >= 0.3 is 7.12 Å². The molecule has 0 atom stereocenters. The molecular formula is C16H24BNO3. The van der Waals surface area contributed by atoms with Gasteiger partial charge in [-0.05, 0) is 58.1 Å². The first-order valence-electron chi connectivity index (χ1n) is 7.38. The molecule has 1 aliphatic heterocycles. The van der Waals surface area contributed by atoms with Crippen molar-refractivity contribution in [1.82, 2.24) is 0 Å². The summed E-state index contributed by atoms with van der Waals surface area (Å²) >= 11 is 0. The first kappa shape index (κ1) is 16.1. The van der Waals surface area contributed by atoms with Gasteiger partial charge in [-0.1, -0.05) is 18.6 Å². The smallest absolute Gasteiger partial charge is 0.399 e. The molecule has 2 rings (SSSR count). The standard InChI is InChI=1S/C16H24BNO3/c1-7-11-12(14(18)19)9-8-10(2)13(11)17-20-15(3,4)16(5,6)21-17/h8-9H,7H2,1-6H3,(H2,18,19). The Labute approximate surface area is 127 Å². The Bertz CT molecular complexity index is 565. The van der Waals surface area contributed by atoms with Crippen LogP contribution in [0.5, 0.6) is 0 Å². The SMILES string of the molecule is CCc1c(C(N)=O)ccc(C)c1B1OC(C)(C)C(C)(C)O1. The molecule has 1 aromatic carbocycles. The van der Waals surface area contributed by atoms with Crippen molar-refractivity contribution in [2.45, 2.75) is 59.2 Å². The zero-order chi connectivity index (χ0) is 16.0. The van der Waals surface area contributed by atoms with E-state index in [1.165, 1.54) is 0 Å². The molecular weight excluding hydrogens is 265 g/mol. The van der Waals surface area contributed by atoms with Crippen molar-refractivity contribution in [3.05, 3.63) is 28.8 Å². The van der Waals surface area contributed by atoms with Gasteiger partial charge in [0.2, 0.25) is 5.91 Å². The molecule has 0 aliphatic carbocycles. The summed E-state index contributed by atoms with van der Waals surface area (Å²) in [5, 5.41) is 0. The third kappa shape index (κ3) is 2.60. The summed E-state index contributed by atoms with van der Waals surface area (Å²) in [6.45, 7) is 12.1. The molecule has 2 N–H and O–H groups in total. The highest BCUT2D eigenvalue weighted by molar-refractivity contribution is 6.63. The van der Waals surface area contributed by atoms with Gasteiger partial charge in [0.05, 0.1) is 11.2 Å². The number of hydrogen-bond donors (Lipinski definition) is 1. The van der Waals surface area contributed by atoms with Gasteiger partial charge in [0.1, 0.15) is 0 Å². The van der Waals surface area contributed by atoms with Crippen LogP contribution in [0.3, 0.4) is 0 Å². The fraction of sp³-hybridized carbons (Fsp3) is 0.562. The van der Waals surface area contributed by atoms with E-state index >= 15 is 0 Å². The molecule has 0 aromatic heterocycles. The van der Waals surface area contributed by atoms with E-state index in [0.717, 1.165) is 16.6 Å². The number of primary amides is 1. The lowest BCUT2D eigenvalue weighted by Gasteiger charge is -2.32. The highest BCUT2D eigenvalue weighted by Crippen LogP contribution is 2.37. The molecule has 1 aliphatic rings. The second-order valence-corrected chi connectivity index (χ2v) is 6.63. The second-order valence-electron chi connectivity index (χ2n) is 6.63. The highest BCUT2D eigenvalue weighted by atomic mass is 16.7. The monoisotopic (exact) mass is 289 g/mol. The second kappa shape index (κ2) is 5.14. The molecule has 1 aromatic rings. The molecule has 1 saturated heterocycles. The van der Waals surface area contributed by atoms with Crippen molar-refractivity contribution in [1.29, 1.82) is 0 Å². The van der Waals surface area contributed by atoms with E-state index in [2.05, 4.69) is 0 Å². The van der Waals surface area contributed by atoms with Crippen LogP contribution in [0.4, 0.5) is 0 Å². The molecule has 1 amide bonds. The summed E-state index contributed by atoms with van der Waals surface area (Å²) < 4.78 is 12.3. The Hall–Kier alpha value is -1.33. The quantitative estimate of drug-likeness (QED) is 0.865. The van der Waals surface area contributed by atoms with Gasteiger partial charge in [0.15, 0.2) is 0 Å². The van der Waals surface area contributed by atoms with Crippen molar-refractivity contribution in [3.63, 3.8) is 0 Å². The van der Waals surface area contributed by atoms with Gasteiger partial charge in [0, 0.05) is 5.56 Å². The molecule has 114 valence electrons. The summed E-state index contributed by atoms with van der Waals surface area (Å²) in [4.78, 5) is 11.7. The van der Waals surface area contributed by atoms with Crippen LogP contribution in [-0.2, 0) is 15.7 Å².